The molecule has 0 bridgehead atoms. The number of hydrogen-bond donors (Lipinski definition) is 1. The second-order valence-corrected chi connectivity index (χ2v) is 8.32. The molecular weight excluding hydrogens is 539 g/mol. The zero-order valence-corrected chi connectivity index (χ0v) is 21.2. The predicted molar refractivity (Wildman–Crippen MR) is 138 cm³/mol. The van der Waals surface area contributed by atoms with Crippen molar-refractivity contribution in [3.8, 4) is 17.8 Å². The minimum atomic E-state index is -1.22. The van der Waals surface area contributed by atoms with Crippen molar-refractivity contribution in [1.82, 2.24) is 14.5 Å². The molecule has 0 amide bonds. The first-order valence-electron chi connectivity index (χ1n) is 11.8. The van der Waals surface area contributed by atoms with Gasteiger partial charge in [0.15, 0.2) is 5.78 Å². The predicted octanol–water partition coefficient (Wildman–Crippen LogP) is 2.63. The van der Waals surface area contributed by atoms with Gasteiger partial charge in [0.1, 0.15) is 24.5 Å². The van der Waals surface area contributed by atoms with Crippen LogP contribution in [-0.2, 0) is 11.5 Å². The lowest BCUT2D eigenvalue weighted by Crippen LogP contribution is -2.38. The molecule has 1 unspecified atom stereocenters. The highest BCUT2D eigenvalue weighted by atomic mass is 19.1. The van der Waals surface area contributed by atoms with E-state index in [2.05, 4.69) is 4.98 Å². The standard InChI is InChI=1S/C28H19FN4O8/c1-16(39-15-33-25(35)21(29)14-31-28(33)38)23(34)18-8-5-9-19(12-18)27(37)41-24-20(13-30)10-11-22(32-24)40-26(36)17-6-3-2-4-7-17/h2-12,14,16H,15H2,1H3,(H,31,38). The number of H-pyrrole nitrogens is 1. The lowest BCUT2D eigenvalue weighted by Gasteiger charge is -2.13. The van der Waals surface area contributed by atoms with Crippen molar-refractivity contribution < 1.29 is 33.0 Å². The minimum Gasteiger partial charge on any atom is -0.404 e. The third kappa shape index (κ3) is 6.64. The van der Waals surface area contributed by atoms with Gasteiger partial charge in [-0.3, -0.25) is 9.59 Å². The molecule has 0 aliphatic rings. The van der Waals surface area contributed by atoms with E-state index >= 15 is 0 Å². The van der Waals surface area contributed by atoms with E-state index in [4.69, 9.17) is 14.2 Å². The van der Waals surface area contributed by atoms with Crippen molar-refractivity contribution in [3.05, 3.63) is 122 Å². The average molecular weight is 558 g/mol. The molecule has 1 N–H and O–H groups in total. The van der Waals surface area contributed by atoms with Crippen molar-refractivity contribution in [2.75, 3.05) is 0 Å². The van der Waals surface area contributed by atoms with E-state index in [0.29, 0.717) is 10.8 Å². The quantitative estimate of drug-likeness (QED) is 0.238. The van der Waals surface area contributed by atoms with Crippen molar-refractivity contribution in [3.63, 3.8) is 0 Å². The van der Waals surface area contributed by atoms with E-state index < -0.39 is 53.5 Å². The summed E-state index contributed by atoms with van der Waals surface area (Å²) in [4.78, 5) is 67.6. The topological polar surface area (TPSA) is 170 Å². The van der Waals surface area contributed by atoms with Crippen LogP contribution in [0.4, 0.5) is 4.39 Å². The van der Waals surface area contributed by atoms with Gasteiger partial charge in [0.25, 0.3) is 5.56 Å². The van der Waals surface area contributed by atoms with Crippen LogP contribution in [-0.4, -0.2) is 38.4 Å². The number of carbonyl (C=O) groups excluding carboxylic acids is 3. The smallest absolute Gasteiger partial charge is 0.344 e. The van der Waals surface area contributed by atoms with Crippen LogP contribution in [0.1, 0.15) is 43.6 Å². The molecule has 0 saturated heterocycles. The molecule has 0 radical (unpaired) electrons. The molecule has 13 heteroatoms. The number of hydrogen-bond acceptors (Lipinski definition) is 10. The molecule has 0 spiro atoms. The number of aromatic amines is 1. The summed E-state index contributed by atoms with van der Waals surface area (Å²) in [6.07, 6.45) is -0.582. The Morgan fingerprint density at radius 1 is 0.976 bits per heavy atom. The molecule has 0 aliphatic heterocycles. The zero-order valence-electron chi connectivity index (χ0n) is 21.2. The highest BCUT2D eigenvalue weighted by Gasteiger charge is 2.21. The summed E-state index contributed by atoms with van der Waals surface area (Å²) in [5.41, 5.74) is -2.07. The lowest BCUT2D eigenvalue weighted by molar-refractivity contribution is 0.0161. The summed E-state index contributed by atoms with van der Waals surface area (Å²) in [6, 6.07) is 17.8. The molecule has 12 nitrogen and oxygen atoms in total. The molecule has 0 saturated carbocycles. The maximum atomic E-state index is 13.5. The zero-order chi connectivity index (χ0) is 29.5. The monoisotopic (exact) mass is 558 g/mol. The molecule has 41 heavy (non-hydrogen) atoms. The number of nitrogens with zero attached hydrogens (tertiary/aromatic N) is 3. The van der Waals surface area contributed by atoms with Crippen LogP contribution in [0.15, 0.2) is 82.5 Å². The number of halogens is 1. The molecule has 2 aromatic heterocycles. The number of benzene rings is 2. The van der Waals surface area contributed by atoms with Crippen LogP contribution >= 0.6 is 0 Å². The summed E-state index contributed by atoms with van der Waals surface area (Å²) in [5.74, 6) is -4.14. The van der Waals surface area contributed by atoms with E-state index in [9.17, 15) is 33.6 Å². The number of esters is 2. The summed E-state index contributed by atoms with van der Waals surface area (Å²) >= 11 is 0. The van der Waals surface area contributed by atoms with E-state index in [1.807, 2.05) is 11.1 Å². The third-order valence-corrected chi connectivity index (χ3v) is 5.57. The first-order valence-corrected chi connectivity index (χ1v) is 11.8. The van der Waals surface area contributed by atoms with Gasteiger partial charge in [0.05, 0.1) is 11.1 Å². The number of rotatable bonds is 9. The van der Waals surface area contributed by atoms with Gasteiger partial charge in [0.2, 0.25) is 17.6 Å². The fourth-order valence-corrected chi connectivity index (χ4v) is 3.42. The van der Waals surface area contributed by atoms with E-state index in [0.717, 1.165) is 0 Å². The second-order valence-electron chi connectivity index (χ2n) is 8.32. The van der Waals surface area contributed by atoms with E-state index in [1.54, 1.807) is 18.2 Å². The van der Waals surface area contributed by atoms with Gasteiger partial charge >= 0.3 is 17.6 Å². The second kappa shape index (κ2) is 12.4. The number of pyridine rings is 1. The van der Waals surface area contributed by atoms with Crippen LogP contribution in [0.3, 0.4) is 0 Å². The van der Waals surface area contributed by atoms with Crippen LogP contribution in [0.25, 0.3) is 0 Å². The van der Waals surface area contributed by atoms with Gasteiger partial charge in [0, 0.05) is 17.8 Å². The molecule has 2 aromatic carbocycles. The summed E-state index contributed by atoms with van der Waals surface area (Å²) in [6.45, 7) is 0.644. The van der Waals surface area contributed by atoms with Crippen molar-refractivity contribution in [2.24, 2.45) is 0 Å². The number of aromatic nitrogens is 3. The minimum absolute atomic E-state index is 0.0199. The maximum absolute atomic E-state index is 13.5. The normalized spacial score (nSPS) is 11.2. The fraction of sp³-hybridized carbons (Fsp3) is 0.107. The average Bonchev–Trinajstić information content (AvgIpc) is 2.99. The van der Waals surface area contributed by atoms with Gasteiger partial charge in [-0.25, -0.2) is 19.0 Å². The molecule has 206 valence electrons. The lowest BCUT2D eigenvalue weighted by atomic mass is 10.0. The van der Waals surface area contributed by atoms with Gasteiger partial charge < -0.3 is 19.2 Å². The number of ether oxygens (including phenoxy) is 3. The highest BCUT2D eigenvalue weighted by molar-refractivity contribution is 6.01. The Morgan fingerprint density at radius 2 is 1.66 bits per heavy atom. The molecular formula is C28H19FN4O8. The SMILES string of the molecule is CC(OCn1c(=O)[nH]cc(F)c1=O)C(=O)c1cccc(C(=O)Oc2nc(OC(=O)c3ccccc3)ccc2C#N)c1. The van der Waals surface area contributed by atoms with E-state index in [-0.39, 0.29) is 28.1 Å². The fourth-order valence-electron chi connectivity index (χ4n) is 3.42. The van der Waals surface area contributed by atoms with Crippen LogP contribution in [0.2, 0.25) is 0 Å². The molecule has 4 aromatic rings. The Hall–Kier alpha value is -5.74. The molecule has 0 aliphatic carbocycles. The number of nitriles is 1. The van der Waals surface area contributed by atoms with Crippen molar-refractivity contribution in [1.29, 1.82) is 5.26 Å². The number of carbonyl (C=O) groups is 3. The van der Waals surface area contributed by atoms with Crippen LogP contribution in [0, 0.1) is 17.1 Å². The first-order chi connectivity index (χ1) is 19.7. The number of Topliss-reactive ketones (excluding diaryl/α,β-unsaturated/α-hetero) is 1. The molecule has 1 atom stereocenters. The molecule has 2 heterocycles. The largest absolute Gasteiger partial charge is 0.404 e. The Balaban J connectivity index is 1.47. The summed E-state index contributed by atoms with van der Waals surface area (Å²) in [5, 5.41) is 9.40. The van der Waals surface area contributed by atoms with Gasteiger partial charge in [-0.1, -0.05) is 30.3 Å². The third-order valence-electron chi connectivity index (χ3n) is 5.57. The van der Waals surface area contributed by atoms with Gasteiger partial charge in [-0.2, -0.15) is 14.6 Å². The summed E-state index contributed by atoms with van der Waals surface area (Å²) in [7, 11) is 0. The first kappa shape index (κ1) is 28.3. The maximum Gasteiger partial charge on any atom is 0.344 e. The van der Waals surface area contributed by atoms with Crippen LogP contribution < -0.4 is 20.7 Å². The Labute approximate surface area is 230 Å². The Bertz CT molecular complexity index is 1790. The Kier molecular flexibility index (Phi) is 8.56. The molecule has 0 fully saturated rings. The van der Waals surface area contributed by atoms with Crippen molar-refractivity contribution >= 4 is 17.7 Å². The molecule has 4 rings (SSSR count). The van der Waals surface area contributed by atoms with Gasteiger partial charge in [-0.05, 0) is 37.3 Å². The van der Waals surface area contributed by atoms with Crippen LogP contribution in [0.5, 0.6) is 11.8 Å². The Morgan fingerprint density at radius 3 is 2.39 bits per heavy atom. The number of nitrogens with one attached hydrogen (secondary N) is 1. The number of ketones is 1. The summed E-state index contributed by atoms with van der Waals surface area (Å²) < 4.78 is 29.7. The van der Waals surface area contributed by atoms with E-state index in [1.165, 1.54) is 55.5 Å². The highest BCUT2D eigenvalue weighted by Crippen LogP contribution is 2.22. The van der Waals surface area contributed by atoms with Gasteiger partial charge in [-0.15, -0.1) is 0 Å². The van der Waals surface area contributed by atoms with Crippen molar-refractivity contribution in [2.45, 2.75) is 19.8 Å².